The molecule has 0 unspecified atom stereocenters. The molecule has 4 nitrogen and oxygen atoms in total. The average Bonchev–Trinajstić information content (AvgIpc) is 2.70. The molecule has 0 aromatic carbocycles. The maximum Gasteiger partial charge on any atom is 0.264 e. The van der Waals surface area contributed by atoms with Crippen molar-refractivity contribution in [3.8, 4) is 0 Å². The monoisotopic (exact) mass is 242 g/mol. The van der Waals surface area contributed by atoms with Gasteiger partial charge in [0.05, 0.1) is 12.4 Å². The van der Waals surface area contributed by atoms with Crippen LogP contribution in [0, 0.1) is 23.7 Å². The van der Waals surface area contributed by atoms with Crippen LogP contribution in [0.5, 0.6) is 0 Å². The maximum atomic E-state index is 11.8. The zero-order valence-corrected chi connectivity index (χ0v) is 9.81. The highest BCUT2D eigenvalue weighted by Crippen LogP contribution is 2.54. The van der Waals surface area contributed by atoms with Gasteiger partial charge in [0, 0.05) is 12.3 Å². The number of rotatable bonds is 2. The minimum atomic E-state index is -3.46. The van der Waals surface area contributed by atoms with Crippen LogP contribution < -0.4 is 0 Å². The van der Waals surface area contributed by atoms with E-state index < -0.39 is 16.2 Å². The zero-order valence-electron chi connectivity index (χ0n) is 9.00. The first-order chi connectivity index (χ1) is 7.46. The van der Waals surface area contributed by atoms with Crippen molar-refractivity contribution in [2.45, 2.75) is 18.9 Å². The van der Waals surface area contributed by atoms with Crippen LogP contribution in [-0.4, -0.2) is 26.6 Å². The molecule has 0 saturated heterocycles. The largest absolute Gasteiger partial charge is 0.299 e. The van der Waals surface area contributed by atoms with E-state index >= 15 is 0 Å². The van der Waals surface area contributed by atoms with Crippen LogP contribution in [0.3, 0.4) is 0 Å². The van der Waals surface area contributed by atoms with Gasteiger partial charge >= 0.3 is 0 Å². The normalized spacial score (nSPS) is 45.3. The van der Waals surface area contributed by atoms with E-state index in [-0.39, 0.29) is 11.7 Å². The van der Waals surface area contributed by atoms with Gasteiger partial charge in [0.25, 0.3) is 10.1 Å². The fourth-order valence-electron chi connectivity index (χ4n) is 3.61. The Morgan fingerprint density at radius 2 is 2.00 bits per heavy atom. The van der Waals surface area contributed by atoms with Crippen molar-refractivity contribution in [1.82, 2.24) is 0 Å². The van der Waals surface area contributed by atoms with Gasteiger partial charge in [-0.3, -0.25) is 8.98 Å². The minimum Gasteiger partial charge on any atom is -0.299 e. The summed E-state index contributed by atoms with van der Waals surface area (Å²) in [6, 6.07) is 0. The van der Waals surface area contributed by atoms with E-state index in [1.54, 1.807) is 0 Å². The summed E-state index contributed by atoms with van der Waals surface area (Å²) in [7, 11) is -3.46. The molecule has 3 rings (SSSR count). The summed E-state index contributed by atoms with van der Waals surface area (Å²) in [5.41, 5.74) is 0. The number of carbonyl (C=O) groups excluding carboxylic acids is 1. The Labute approximate surface area is 94.8 Å². The second-order valence-electron chi connectivity index (χ2n) is 5.06. The lowest BCUT2D eigenvalue weighted by Crippen LogP contribution is -2.27. The molecule has 0 aromatic rings. The number of ketones is 1. The molecule has 0 N–H and O–H groups in total. The average molecular weight is 242 g/mol. The molecule has 5 heteroatoms. The summed E-state index contributed by atoms with van der Waals surface area (Å²) in [5, 5.41) is 0. The molecule has 2 fully saturated rings. The quantitative estimate of drug-likeness (QED) is 0.529. The summed E-state index contributed by atoms with van der Waals surface area (Å²) in [6.07, 6.45) is 6.10. The van der Waals surface area contributed by atoms with Gasteiger partial charge in [-0.25, -0.2) is 0 Å². The van der Waals surface area contributed by atoms with Gasteiger partial charge < -0.3 is 0 Å². The first-order valence-corrected chi connectivity index (χ1v) is 7.36. The summed E-state index contributed by atoms with van der Waals surface area (Å²) >= 11 is 0. The van der Waals surface area contributed by atoms with Gasteiger partial charge in [-0.15, -0.1) is 0 Å². The number of allylic oxidation sites excluding steroid dienone is 2. The lowest BCUT2D eigenvalue weighted by atomic mass is 9.91. The SMILES string of the molecule is CS(=O)(=O)O[C@@H]1C[C@@H]2C=C[C@@H]3CC(=O)[C@@H]1[C@@H]32. The maximum absolute atomic E-state index is 11.8. The van der Waals surface area contributed by atoms with Crippen molar-refractivity contribution in [3.63, 3.8) is 0 Å². The Balaban J connectivity index is 1.89. The third-order valence-corrected chi connectivity index (χ3v) is 4.62. The van der Waals surface area contributed by atoms with Crippen molar-refractivity contribution in [2.24, 2.45) is 23.7 Å². The minimum absolute atomic E-state index is 0.176. The number of carbonyl (C=O) groups is 1. The van der Waals surface area contributed by atoms with Crippen LogP contribution in [0.15, 0.2) is 12.2 Å². The highest BCUT2D eigenvalue weighted by molar-refractivity contribution is 7.86. The van der Waals surface area contributed by atoms with E-state index in [9.17, 15) is 13.2 Å². The number of hydrogen-bond donors (Lipinski definition) is 0. The van der Waals surface area contributed by atoms with Gasteiger partial charge in [-0.05, 0) is 24.2 Å². The van der Waals surface area contributed by atoms with Crippen LogP contribution in [0.1, 0.15) is 12.8 Å². The molecule has 2 saturated carbocycles. The van der Waals surface area contributed by atoms with Gasteiger partial charge in [0.1, 0.15) is 5.78 Å². The first kappa shape index (κ1) is 10.5. The van der Waals surface area contributed by atoms with Crippen LogP contribution in [0.25, 0.3) is 0 Å². The molecule has 0 aliphatic heterocycles. The topological polar surface area (TPSA) is 60.4 Å². The van der Waals surface area contributed by atoms with Crippen LogP contribution in [0.2, 0.25) is 0 Å². The molecule has 0 radical (unpaired) electrons. The summed E-state index contributed by atoms with van der Waals surface area (Å²) in [6.45, 7) is 0. The highest BCUT2D eigenvalue weighted by Gasteiger charge is 2.56. The number of Topliss-reactive ketones (excluding diaryl/α,β-unsaturated/α-hetero) is 1. The van der Waals surface area contributed by atoms with E-state index in [0.717, 1.165) is 6.26 Å². The Morgan fingerprint density at radius 1 is 1.31 bits per heavy atom. The molecule has 0 spiro atoms. The molecule has 0 aromatic heterocycles. The summed E-state index contributed by atoms with van der Waals surface area (Å²) in [4.78, 5) is 11.8. The van der Waals surface area contributed by atoms with E-state index in [1.165, 1.54) is 0 Å². The van der Waals surface area contributed by atoms with E-state index in [4.69, 9.17) is 4.18 Å². The second kappa shape index (κ2) is 3.17. The van der Waals surface area contributed by atoms with Crippen molar-refractivity contribution in [2.75, 3.05) is 6.26 Å². The number of hydrogen-bond acceptors (Lipinski definition) is 4. The Morgan fingerprint density at radius 3 is 2.69 bits per heavy atom. The van der Waals surface area contributed by atoms with E-state index in [0.29, 0.717) is 30.6 Å². The second-order valence-corrected chi connectivity index (χ2v) is 6.66. The van der Waals surface area contributed by atoms with Crippen molar-refractivity contribution in [1.29, 1.82) is 0 Å². The lowest BCUT2D eigenvalue weighted by molar-refractivity contribution is -0.122. The van der Waals surface area contributed by atoms with Crippen molar-refractivity contribution in [3.05, 3.63) is 12.2 Å². The molecule has 3 aliphatic rings. The van der Waals surface area contributed by atoms with Crippen molar-refractivity contribution >= 4 is 15.9 Å². The third-order valence-electron chi connectivity index (χ3n) is 4.02. The summed E-state index contributed by atoms with van der Waals surface area (Å²) < 4.78 is 27.3. The van der Waals surface area contributed by atoms with Crippen molar-refractivity contribution < 1.29 is 17.4 Å². The molecule has 16 heavy (non-hydrogen) atoms. The van der Waals surface area contributed by atoms with Crippen LogP contribution >= 0.6 is 0 Å². The molecule has 0 amide bonds. The standard InChI is InChI=1S/C11H14O4S/c1-16(13,14)15-9-5-7-3-2-6-4-8(12)11(9)10(6)7/h2-3,6-7,9-11H,4-5H2,1H3/t6-,7+,9-,10+,11+/m1/s1. The molecule has 5 atom stereocenters. The Hall–Kier alpha value is -0.680. The van der Waals surface area contributed by atoms with Gasteiger partial charge in [-0.1, -0.05) is 12.2 Å². The van der Waals surface area contributed by atoms with Crippen LogP contribution in [0.4, 0.5) is 0 Å². The Kier molecular flexibility index (Phi) is 2.07. The fourth-order valence-corrected chi connectivity index (χ4v) is 4.26. The molecule has 3 aliphatic carbocycles. The molecule has 0 bridgehead atoms. The predicted molar refractivity (Wildman–Crippen MR) is 57.1 cm³/mol. The molecule has 0 heterocycles. The Bertz CT molecular complexity index is 464. The van der Waals surface area contributed by atoms with E-state index in [2.05, 4.69) is 12.2 Å². The lowest BCUT2D eigenvalue weighted by Gasteiger charge is -2.16. The molecule has 88 valence electrons. The predicted octanol–water partition coefficient (Wildman–Crippen LogP) is 0.742. The first-order valence-electron chi connectivity index (χ1n) is 5.55. The highest BCUT2D eigenvalue weighted by atomic mass is 32.2. The fraction of sp³-hybridized carbons (Fsp3) is 0.727. The zero-order chi connectivity index (χ0) is 11.5. The smallest absolute Gasteiger partial charge is 0.264 e. The van der Waals surface area contributed by atoms with E-state index in [1.807, 2.05) is 0 Å². The van der Waals surface area contributed by atoms with Gasteiger partial charge in [0.15, 0.2) is 0 Å². The van der Waals surface area contributed by atoms with Gasteiger partial charge in [-0.2, -0.15) is 8.42 Å². The summed E-state index contributed by atoms with van der Waals surface area (Å²) in [5.74, 6) is 0.957. The van der Waals surface area contributed by atoms with Gasteiger partial charge in [0.2, 0.25) is 0 Å². The molecular weight excluding hydrogens is 228 g/mol. The van der Waals surface area contributed by atoms with Crippen LogP contribution in [-0.2, 0) is 19.1 Å². The molecular formula is C11H14O4S. The third kappa shape index (κ3) is 1.45.